The van der Waals surface area contributed by atoms with Crippen LogP contribution in [-0.2, 0) is 0 Å². The molecule has 1 unspecified atom stereocenters. The van der Waals surface area contributed by atoms with Crippen molar-refractivity contribution in [3.8, 4) is 11.8 Å². The molecule has 2 heterocycles. The largest absolute Gasteiger partial charge is 0.480 e. The lowest BCUT2D eigenvalue weighted by molar-refractivity contribution is 0.352. The summed E-state index contributed by atoms with van der Waals surface area (Å²) in [5.41, 5.74) is 1.71. The second-order valence-corrected chi connectivity index (χ2v) is 4.68. The number of aromatic nitrogens is 2. The van der Waals surface area contributed by atoms with Crippen LogP contribution in [0.1, 0.15) is 36.4 Å². The van der Waals surface area contributed by atoms with E-state index in [2.05, 4.69) is 22.2 Å². The van der Waals surface area contributed by atoms with E-state index in [-0.39, 0.29) is 6.04 Å². The first kappa shape index (κ1) is 15.3. The van der Waals surface area contributed by atoms with Gasteiger partial charge in [-0.25, -0.2) is 4.98 Å². The summed E-state index contributed by atoms with van der Waals surface area (Å²) >= 11 is 0. The average molecular weight is 291 g/mol. The molecule has 6 heteroatoms. The standard InChI is InChI=1S/C15H21N3O3/c1-5-6-16-13(11-7-10(2)21-9-11)14-15(20-4)18-12(19-3)8-17-14/h7-9,13,16H,5-6H2,1-4H3. The van der Waals surface area contributed by atoms with Crippen molar-refractivity contribution >= 4 is 0 Å². The van der Waals surface area contributed by atoms with E-state index in [1.54, 1.807) is 26.7 Å². The highest BCUT2D eigenvalue weighted by Gasteiger charge is 2.22. The van der Waals surface area contributed by atoms with Crippen molar-refractivity contribution < 1.29 is 13.9 Å². The highest BCUT2D eigenvalue weighted by Crippen LogP contribution is 2.29. The number of nitrogens with one attached hydrogen (secondary N) is 1. The van der Waals surface area contributed by atoms with Crippen molar-refractivity contribution in [2.24, 2.45) is 0 Å². The minimum absolute atomic E-state index is 0.129. The van der Waals surface area contributed by atoms with E-state index < -0.39 is 0 Å². The first-order valence-corrected chi connectivity index (χ1v) is 6.92. The molecule has 6 nitrogen and oxygen atoms in total. The van der Waals surface area contributed by atoms with Gasteiger partial charge in [-0.1, -0.05) is 6.92 Å². The monoisotopic (exact) mass is 291 g/mol. The normalized spacial score (nSPS) is 12.2. The van der Waals surface area contributed by atoms with E-state index in [9.17, 15) is 0 Å². The summed E-state index contributed by atoms with van der Waals surface area (Å²) in [6.07, 6.45) is 4.33. The van der Waals surface area contributed by atoms with Gasteiger partial charge in [0, 0.05) is 5.56 Å². The number of hydrogen-bond donors (Lipinski definition) is 1. The Morgan fingerprint density at radius 3 is 2.71 bits per heavy atom. The Morgan fingerprint density at radius 1 is 1.33 bits per heavy atom. The molecule has 0 fully saturated rings. The Hall–Kier alpha value is -2.08. The lowest BCUT2D eigenvalue weighted by Crippen LogP contribution is -2.24. The van der Waals surface area contributed by atoms with Crippen LogP contribution in [0, 0.1) is 6.92 Å². The summed E-state index contributed by atoms with van der Waals surface area (Å²) in [4.78, 5) is 8.74. The zero-order chi connectivity index (χ0) is 15.2. The van der Waals surface area contributed by atoms with E-state index >= 15 is 0 Å². The zero-order valence-electron chi connectivity index (χ0n) is 12.8. The van der Waals surface area contributed by atoms with Gasteiger partial charge in [0.25, 0.3) is 0 Å². The van der Waals surface area contributed by atoms with Crippen molar-refractivity contribution in [1.82, 2.24) is 15.3 Å². The Kier molecular flexibility index (Phi) is 5.16. The van der Waals surface area contributed by atoms with Crippen LogP contribution in [0.4, 0.5) is 0 Å². The van der Waals surface area contributed by atoms with Gasteiger partial charge in [-0.3, -0.25) is 0 Å². The first-order chi connectivity index (χ1) is 10.2. The van der Waals surface area contributed by atoms with Gasteiger partial charge in [0.05, 0.1) is 32.7 Å². The maximum atomic E-state index is 5.41. The average Bonchev–Trinajstić information content (AvgIpc) is 2.94. The van der Waals surface area contributed by atoms with Crippen LogP contribution in [0.2, 0.25) is 0 Å². The van der Waals surface area contributed by atoms with E-state index in [1.165, 1.54) is 0 Å². The third-order valence-electron chi connectivity index (χ3n) is 3.10. The summed E-state index contributed by atoms with van der Waals surface area (Å²) < 4.78 is 15.9. The van der Waals surface area contributed by atoms with Crippen LogP contribution >= 0.6 is 0 Å². The van der Waals surface area contributed by atoms with Gasteiger partial charge < -0.3 is 19.2 Å². The minimum Gasteiger partial charge on any atom is -0.480 e. The molecule has 0 aliphatic carbocycles. The number of methoxy groups -OCH3 is 2. The molecule has 2 aromatic heterocycles. The summed E-state index contributed by atoms with van der Waals surface area (Å²) in [6, 6.07) is 1.86. The fourth-order valence-corrected chi connectivity index (χ4v) is 2.09. The lowest BCUT2D eigenvalue weighted by atomic mass is 10.1. The van der Waals surface area contributed by atoms with Crippen molar-refractivity contribution in [2.45, 2.75) is 26.3 Å². The maximum Gasteiger partial charge on any atom is 0.240 e. The molecule has 0 amide bonds. The van der Waals surface area contributed by atoms with Crippen LogP contribution in [0.15, 0.2) is 22.9 Å². The van der Waals surface area contributed by atoms with Gasteiger partial charge in [0.2, 0.25) is 11.8 Å². The Bertz CT molecular complexity index is 583. The highest BCUT2D eigenvalue weighted by molar-refractivity contribution is 5.33. The summed E-state index contributed by atoms with van der Waals surface area (Å²) in [6.45, 7) is 4.88. The molecule has 21 heavy (non-hydrogen) atoms. The molecule has 0 saturated carbocycles. The summed E-state index contributed by atoms with van der Waals surface area (Å²) in [5.74, 6) is 1.73. The fourth-order valence-electron chi connectivity index (χ4n) is 2.09. The van der Waals surface area contributed by atoms with Gasteiger partial charge in [0.15, 0.2) is 0 Å². The third-order valence-corrected chi connectivity index (χ3v) is 3.10. The number of ether oxygens (including phenoxy) is 2. The van der Waals surface area contributed by atoms with E-state index in [1.807, 2.05) is 13.0 Å². The molecular formula is C15H21N3O3. The predicted octanol–water partition coefficient (Wildman–Crippen LogP) is 2.48. The quantitative estimate of drug-likeness (QED) is 0.845. The molecule has 0 spiro atoms. The number of rotatable bonds is 7. The zero-order valence-corrected chi connectivity index (χ0v) is 12.8. The van der Waals surface area contributed by atoms with Crippen LogP contribution in [0.3, 0.4) is 0 Å². The molecule has 0 aromatic carbocycles. The molecule has 0 aliphatic rings. The molecule has 0 aliphatic heterocycles. The van der Waals surface area contributed by atoms with Gasteiger partial charge in [-0.05, 0) is 26.0 Å². The van der Waals surface area contributed by atoms with E-state index in [0.717, 1.165) is 24.3 Å². The predicted molar refractivity (Wildman–Crippen MR) is 78.7 cm³/mol. The molecular weight excluding hydrogens is 270 g/mol. The smallest absolute Gasteiger partial charge is 0.240 e. The maximum absolute atomic E-state index is 5.41. The molecule has 2 rings (SSSR count). The van der Waals surface area contributed by atoms with Crippen molar-refractivity contribution in [1.29, 1.82) is 0 Å². The van der Waals surface area contributed by atoms with Crippen LogP contribution in [0.5, 0.6) is 11.8 Å². The highest BCUT2D eigenvalue weighted by atomic mass is 16.5. The molecule has 0 saturated heterocycles. The van der Waals surface area contributed by atoms with Crippen LogP contribution in [-0.4, -0.2) is 30.7 Å². The molecule has 2 aromatic rings. The molecule has 1 atom stereocenters. The minimum atomic E-state index is -0.129. The molecule has 114 valence electrons. The van der Waals surface area contributed by atoms with Gasteiger partial charge >= 0.3 is 0 Å². The van der Waals surface area contributed by atoms with Crippen molar-refractivity contribution in [2.75, 3.05) is 20.8 Å². The SMILES string of the molecule is CCCNC(c1coc(C)c1)c1ncc(OC)nc1OC. The Balaban J connectivity index is 2.40. The van der Waals surface area contributed by atoms with Gasteiger partial charge in [-0.2, -0.15) is 4.98 Å². The topological polar surface area (TPSA) is 69.4 Å². The van der Waals surface area contributed by atoms with E-state index in [4.69, 9.17) is 13.9 Å². The van der Waals surface area contributed by atoms with Crippen molar-refractivity contribution in [3.63, 3.8) is 0 Å². The number of hydrogen-bond acceptors (Lipinski definition) is 6. The molecule has 1 N–H and O–H groups in total. The third kappa shape index (κ3) is 3.52. The molecule has 0 bridgehead atoms. The van der Waals surface area contributed by atoms with Gasteiger partial charge in [-0.15, -0.1) is 0 Å². The number of nitrogens with zero attached hydrogens (tertiary/aromatic N) is 2. The van der Waals surface area contributed by atoms with Gasteiger partial charge in [0.1, 0.15) is 11.5 Å². The second kappa shape index (κ2) is 7.08. The fraction of sp³-hybridized carbons (Fsp3) is 0.467. The van der Waals surface area contributed by atoms with Crippen LogP contribution < -0.4 is 14.8 Å². The first-order valence-electron chi connectivity index (χ1n) is 6.92. The summed E-state index contributed by atoms with van der Waals surface area (Å²) in [7, 11) is 3.12. The lowest BCUT2D eigenvalue weighted by Gasteiger charge is -2.18. The Morgan fingerprint density at radius 2 is 2.14 bits per heavy atom. The van der Waals surface area contributed by atoms with Crippen LogP contribution in [0.25, 0.3) is 0 Å². The summed E-state index contributed by atoms with van der Waals surface area (Å²) in [5, 5.41) is 3.44. The van der Waals surface area contributed by atoms with E-state index in [0.29, 0.717) is 17.5 Å². The molecule has 0 radical (unpaired) electrons. The second-order valence-electron chi connectivity index (χ2n) is 4.68. The van der Waals surface area contributed by atoms with Crippen molar-refractivity contribution in [3.05, 3.63) is 35.5 Å². The number of aryl methyl sites for hydroxylation is 1. The number of furan rings is 1. The Labute approximate surface area is 124 Å².